The van der Waals surface area contributed by atoms with Crippen molar-refractivity contribution in [1.29, 1.82) is 0 Å². The predicted molar refractivity (Wildman–Crippen MR) is 37.8 cm³/mol. The average Bonchev–Trinajstić information content (AvgIpc) is 2.14. The molecule has 1 atom stereocenters. The van der Waals surface area contributed by atoms with Crippen LogP contribution in [0.3, 0.4) is 0 Å². The lowest BCUT2D eigenvalue weighted by atomic mass is 10.3. The Morgan fingerprint density at radius 1 is 1.56 bits per heavy atom. The SMILES string of the molecule is CC(N)c1ccc(N)[nH]1. The zero-order valence-corrected chi connectivity index (χ0v) is 5.39. The molecule has 1 aromatic rings. The van der Waals surface area contributed by atoms with E-state index < -0.39 is 0 Å². The molecule has 1 aromatic heterocycles. The number of hydrogen-bond donors (Lipinski definition) is 3. The molecule has 3 heteroatoms. The number of nitrogen functional groups attached to an aromatic ring is 1. The Bertz CT molecular complexity index is 190. The third kappa shape index (κ3) is 1.23. The van der Waals surface area contributed by atoms with Crippen molar-refractivity contribution < 1.29 is 0 Å². The molecule has 9 heavy (non-hydrogen) atoms. The van der Waals surface area contributed by atoms with Gasteiger partial charge in [0.1, 0.15) is 5.82 Å². The maximum absolute atomic E-state index is 5.54. The Hall–Kier alpha value is -0.960. The van der Waals surface area contributed by atoms with E-state index in [-0.39, 0.29) is 6.04 Å². The Morgan fingerprint density at radius 3 is 2.44 bits per heavy atom. The third-order valence-corrected chi connectivity index (χ3v) is 1.22. The van der Waals surface area contributed by atoms with Crippen molar-refractivity contribution in [1.82, 2.24) is 4.98 Å². The van der Waals surface area contributed by atoms with Crippen molar-refractivity contribution in [3.63, 3.8) is 0 Å². The second kappa shape index (κ2) is 2.11. The monoisotopic (exact) mass is 125 g/mol. The first-order valence-corrected chi connectivity index (χ1v) is 2.90. The van der Waals surface area contributed by atoms with E-state index in [1.54, 1.807) is 6.07 Å². The molecule has 0 amide bonds. The summed E-state index contributed by atoms with van der Waals surface area (Å²) in [6.07, 6.45) is 0. The summed E-state index contributed by atoms with van der Waals surface area (Å²) >= 11 is 0. The molecule has 0 spiro atoms. The number of nitrogens with two attached hydrogens (primary N) is 2. The summed E-state index contributed by atoms with van der Waals surface area (Å²) in [4.78, 5) is 2.93. The highest BCUT2D eigenvalue weighted by molar-refractivity contribution is 5.31. The molecule has 1 heterocycles. The lowest BCUT2D eigenvalue weighted by Gasteiger charge is -1.98. The zero-order chi connectivity index (χ0) is 6.85. The van der Waals surface area contributed by atoms with E-state index in [0.29, 0.717) is 5.82 Å². The Balaban J connectivity index is 2.85. The molecule has 0 aliphatic heterocycles. The van der Waals surface area contributed by atoms with Crippen LogP contribution in [0.4, 0.5) is 5.82 Å². The Kier molecular flexibility index (Phi) is 1.44. The highest BCUT2D eigenvalue weighted by atomic mass is 14.9. The van der Waals surface area contributed by atoms with Gasteiger partial charge in [-0.1, -0.05) is 0 Å². The quantitative estimate of drug-likeness (QED) is 0.515. The van der Waals surface area contributed by atoms with E-state index in [0.717, 1.165) is 5.69 Å². The Morgan fingerprint density at radius 2 is 2.22 bits per heavy atom. The van der Waals surface area contributed by atoms with Gasteiger partial charge in [-0.2, -0.15) is 0 Å². The standard InChI is InChI=1S/C6H11N3/c1-4(7)5-2-3-6(8)9-5/h2-4,9H,7-8H2,1H3. The van der Waals surface area contributed by atoms with E-state index in [2.05, 4.69) is 4.98 Å². The summed E-state index contributed by atoms with van der Waals surface area (Å²) in [5.41, 5.74) is 11.9. The number of rotatable bonds is 1. The predicted octanol–water partition coefficient (Wildman–Crippen LogP) is 0.617. The summed E-state index contributed by atoms with van der Waals surface area (Å²) in [5.74, 6) is 0.669. The van der Waals surface area contributed by atoms with Gasteiger partial charge >= 0.3 is 0 Å². The van der Waals surface area contributed by atoms with Gasteiger partial charge < -0.3 is 16.5 Å². The Labute approximate surface area is 54.1 Å². The molecular formula is C6H11N3. The van der Waals surface area contributed by atoms with Gasteiger partial charge in [-0.25, -0.2) is 0 Å². The number of aromatic amines is 1. The van der Waals surface area contributed by atoms with Gasteiger partial charge in [0.2, 0.25) is 0 Å². The largest absolute Gasteiger partial charge is 0.385 e. The van der Waals surface area contributed by atoms with Crippen LogP contribution in [0.2, 0.25) is 0 Å². The fraction of sp³-hybridized carbons (Fsp3) is 0.333. The van der Waals surface area contributed by atoms with E-state index in [1.165, 1.54) is 0 Å². The number of H-pyrrole nitrogens is 1. The van der Waals surface area contributed by atoms with Gasteiger partial charge in [0.15, 0.2) is 0 Å². The number of aromatic nitrogens is 1. The second-order valence-corrected chi connectivity index (χ2v) is 2.16. The highest BCUT2D eigenvalue weighted by Gasteiger charge is 1.98. The van der Waals surface area contributed by atoms with Crippen molar-refractivity contribution in [2.24, 2.45) is 5.73 Å². The van der Waals surface area contributed by atoms with Gasteiger partial charge in [0.05, 0.1) is 0 Å². The maximum atomic E-state index is 5.54. The molecule has 0 fully saturated rings. The number of nitrogens with one attached hydrogen (secondary N) is 1. The number of hydrogen-bond acceptors (Lipinski definition) is 2. The first kappa shape index (κ1) is 6.16. The van der Waals surface area contributed by atoms with Gasteiger partial charge in [0, 0.05) is 11.7 Å². The van der Waals surface area contributed by atoms with Crippen molar-refractivity contribution in [3.05, 3.63) is 17.8 Å². The minimum absolute atomic E-state index is 0.0438. The molecule has 0 radical (unpaired) electrons. The highest BCUT2D eigenvalue weighted by Crippen LogP contribution is 2.08. The average molecular weight is 125 g/mol. The summed E-state index contributed by atoms with van der Waals surface area (Å²) in [7, 11) is 0. The lowest BCUT2D eigenvalue weighted by molar-refractivity contribution is 0.790. The van der Waals surface area contributed by atoms with Crippen LogP contribution in [0.1, 0.15) is 18.7 Å². The molecule has 5 N–H and O–H groups in total. The van der Waals surface area contributed by atoms with Crippen LogP contribution >= 0.6 is 0 Å². The first-order valence-electron chi connectivity index (χ1n) is 2.90. The minimum atomic E-state index is 0.0438. The number of anilines is 1. The van der Waals surface area contributed by atoms with Crippen LogP contribution in [0, 0.1) is 0 Å². The summed E-state index contributed by atoms with van der Waals surface area (Å²) in [6, 6.07) is 3.74. The molecular weight excluding hydrogens is 114 g/mol. The zero-order valence-electron chi connectivity index (χ0n) is 5.39. The molecule has 0 saturated carbocycles. The summed E-state index contributed by atoms with van der Waals surface area (Å²) in [6.45, 7) is 1.91. The second-order valence-electron chi connectivity index (χ2n) is 2.16. The summed E-state index contributed by atoms with van der Waals surface area (Å²) < 4.78 is 0. The molecule has 0 aliphatic carbocycles. The smallest absolute Gasteiger partial charge is 0.100 e. The molecule has 0 saturated heterocycles. The molecule has 1 unspecified atom stereocenters. The fourth-order valence-electron chi connectivity index (χ4n) is 0.695. The van der Waals surface area contributed by atoms with Crippen LogP contribution in [-0.4, -0.2) is 4.98 Å². The van der Waals surface area contributed by atoms with Gasteiger partial charge in [-0.3, -0.25) is 0 Å². The topological polar surface area (TPSA) is 67.8 Å². The van der Waals surface area contributed by atoms with Crippen LogP contribution < -0.4 is 11.5 Å². The lowest BCUT2D eigenvalue weighted by Crippen LogP contribution is -2.05. The molecule has 50 valence electrons. The molecule has 0 bridgehead atoms. The molecule has 0 aliphatic rings. The van der Waals surface area contributed by atoms with Gasteiger partial charge in [0.25, 0.3) is 0 Å². The van der Waals surface area contributed by atoms with Gasteiger partial charge in [-0.05, 0) is 19.1 Å². The van der Waals surface area contributed by atoms with Crippen molar-refractivity contribution in [3.8, 4) is 0 Å². The van der Waals surface area contributed by atoms with Crippen molar-refractivity contribution in [2.75, 3.05) is 5.73 Å². The maximum Gasteiger partial charge on any atom is 0.100 e. The van der Waals surface area contributed by atoms with E-state index >= 15 is 0 Å². The fourth-order valence-corrected chi connectivity index (χ4v) is 0.695. The molecule has 0 aromatic carbocycles. The first-order chi connectivity index (χ1) is 4.20. The normalized spacial score (nSPS) is 13.6. The van der Waals surface area contributed by atoms with Crippen LogP contribution in [0.25, 0.3) is 0 Å². The van der Waals surface area contributed by atoms with E-state index in [9.17, 15) is 0 Å². The minimum Gasteiger partial charge on any atom is -0.385 e. The van der Waals surface area contributed by atoms with E-state index in [4.69, 9.17) is 11.5 Å². The molecule has 3 nitrogen and oxygen atoms in total. The van der Waals surface area contributed by atoms with Gasteiger partial charge in [-0.15, -0.1) is 0 Å². The van der Waals surface area contributed by atoms with Crippen LogP contribution in [0.5, 0.6) is 0 Å². The van der Waals surface area contributed by atoms with Crippen molar-refractivity contribution in [2.45, 2.75) is 13.0 Å². The van der Waals surface area contributed by atoms with Crippen molar-refractivity contribution >= 4 is 5.82 Å². The van der Waals surface area contributed by atoms with E-state index in [1.807, 2.05) is 13.0 Å². The van der Waals surface area contributed by atoms with Crippen LogP contribution in [0.15, 0.2) is 12.1 Å². The summed E-state index contributed by atoms with van der Waals surface area (Å²) in [5, 5.41) is 0. The van der Waals surface area contributed by atoms with Crippen LogP contribution in [-0.2, 0) is 0 Å². The third-order valence-electron chi connectivity index (χ3n) is 1.22. The molecule has 1 rings (SSSR count).